The van der Waals surface area contributed by atoms with Crippen LogP contribution in [0.4, 0.5) is 73.3 Å². The van der Waals surface area contributed by atoms with Gasteiger partial charge in [0.1, 0.15) is 6.42 Å². The predicted octanol–water partition coefficient (Wildman–Crippen LogP) is 20.2. The maximum atomic E-state index is 12.9. The molecule has 0 atom stereocenters. The summed E-state index contributed by atoms with van der Waals surface area (Å²) in [6.45, 7) is 36.2. The first-order valence-electron chi connectivity index (χ1n) is 41.2. The Morgan fingerprint density at radius 2 is 0.615 bits per heavy atom. The van der Waals surface area contributed by atoms with E-state index in [1.165, 1.54) is 170 Å². The number of urea groups is 2. The molecular formula is C102H100N8O8Se4. The molecular weight excluding hydrogens is 1780 g/mol. The van der Waals surface area contributed by atoms with Gasteiger partial charge in [0.2, 0.25) is 11.8 Å². The van der Waals surface area contributed by atoms with Crippen molar-refractivity contribution >= 4 is 170 Å². The standard InChI is InChI=1S/C29H27N3O3Se.C23H21NOSe.C22H23NOSe.C22H21NSe.C6H8N2O3/c1-28(2)18-10-7-8-13-22(18)32-23-19(28)11-9-12-20(23)29(3,4)21-15-16(36-26(21)32)14-17-24(33)30(5)27(35)31(6)25(17)34;1-22(2)15-8-5-6-11-19(15)24-20-16(22)9-7-10-17(20)23(3,4)18-12-14(13-25)26-21(18)24;1-21(2)15-9-5-7-11-18(15)23(19-12-8-6-10-16(19)21)20-17(13-14-25-20)22(3,4)24;1-21(2)14-8-5-6-11-18(14)23-19-15(21)9-7-10-16(19)22(3,4)17-12-13-24-20(17)23;1-7-4(9)3-5(10)8(2)6(7)11/h7-15H,1-6H3;5-13H,1-4H3;5-14,24H,1-4H3;5-13H,1-4H3;3H2,1-2H3. The third kappa shape index (κ3) is 12.7. The number of fused-ring (bicyclic) bond motifs is 14. The predicted molar refractivity (Wildman–Crippen MR) is 492 cm³/mol. The first-order valence-corrected chi connectivity index (χ1v) is 48.3. The first-order chi connectivity index (χ1) is 57.6. The Morgan fingerprint density at radius 3 is 0.984 bits per heavy atom. The molecule has 1 N–H and O–H groups in total. The summed E-state index contributed by atoms with van der Waals surface area (Å²) in [6, 6.07) is 71.5. The number of amides is 8. The molecule has 2 fully saturated rings. The summed E-state index contributed by atoms with van der Waals surface area (Å²) in [4.78, 5) is 100. The van der Waals surface area contributed by atoms with Crippen LogP contribution < -0.4 is 19.6 Å². The average molecular weight is 1880 g/mol. The fraction of sp³-hybridized carbons (Fsp3) is 0.284. The van der Waals surface area contributed by atoms with Crippen LogP contribution in [0.15, 0.2) is 216 Å². The van der Waals surface area contributed by atoms with Crippen molar-refractivity contribution in [2.45, 2.75) is 161 Å². The van der Waals surface area contributed by atoms with Crippen molar-refractivity contribution in [2.24, 2.45) is 0 Å². The summed E-state index contributed by atoms with van der Waals surface area (Å²) in [5, 5.41) is 10.7. The number of aldehydes is 1. The molecule has 8 aromatic carbocycles. The number of rotatable bonds is 4. The minimum absolute atomic E-state index is 0.0313. The number of benzene rings is 8. The minimum atomic E-state index is -0.846. The summed E-state index contributed by atoms with van der Waals surface area (Å²) in [5.74, 6) is -2.00. The van der Waals surface area contributed by atoms with Gasteiger partial charge in [-0.15, -0.1) is 0 Å². The number of para-hydroxylation sites is 8. The Morgan fingerprint density at radius 1 is 0.328 bits per heavy atom. The topological polar surface area (TPSA) is 166 Å². The Balaban J connectivity index is 0.000000112. The van der Waals surface area contributed by atoms with Crippen LogP contribution in [-0.2, 0) is 62.7 Å². The number of aliphatic hydroxyl groups is 1. The molecule has 9 aliphatic heterocycles. The summed E-state index contributed by atoms with van der Waals surface area (Å²) in [7, 11) is 5.53. The van der Waals surface area contributed by atoms with Gasteiger partial charge in [0.25, 0.3) is 0 Å². The van der Waals surface area contributed by atoms with Gasteiger partial charge >= 0.3 is 688 Å². The molecule has 620 valence electrons. The van der Waals surface area contributed by atoms with E-state index in [9.17, 15) is 38.7 Å². The van der Waals surface area contributed by atoms with Crippen LogP contribution in [0.3, 0.4) is 0 Å². The maximum Gasteiger partial charge on any atom is 0.332 e. The molecule has 0 aliphatic carbocycles. The van der Waals surface area contributed by atoms with E-state index in [1.54, 1.807) is 6.08 Å². The van der Waals surface area contributed by atoms with Gasteiger partial charge in [-0.3, -0.25) is 19.4 Å². The molecule has 20 heteroatoms. The molecule has 13 heterocycles. The number of carbonyl (C=O) groups excluding carboxylic acids is 7. The molecule has 0 bridgehead atoms. The molecule has 2 saturated heterocycles. The van der Waals surface area contributed by atoms with Crippen LogP contribution in [0.1, 0.15) is 214 Å². The monoisotopic (exact) mass is 1880 g/mol. The average Bonchev–Trinajstić information content (AvgIpc) is 1.31. The SMILES string of the molecule is CC(C)(O)c1cc[se]c1N1c2ccccc2C(C)(C)c2ccccc21.CC1(C)c2ccccc2N2c3[se]c(C=O)cc3C(C)(C)c3cccc1c32.CC1(C)c2ccccc2N2c3[se]ccc3C(C)(C)c3cccc1c32.CN1C(=O)C(=Cc2cc3c([se]2)N2c4ccccc4C(C)(C)c4cccc(c42)C3(C)C)C(=O)N(C)C1=O.CN1C(=O)CC(=O)N(C)C1=O. The zero-order valence-corrected chi connectivity index (χ0v) is 79.4. The molecule has 0 spiro atoms. The summed E-state index contributed by atoms with van der Waals surface area (Å²) in [6.07, 6.45) is 2.53. The fourth-order valence-corrected chi connectivity index (χ4v) is 29.3. The Labute approximate surface area is 738 Å². The van der Waals surface area contributed by atoms with Gasteiger partial charge in [-0.2, -0.15) is 0 Å². The number of anilines is 12. The van der Waals surface area contributed by atoms with E-state index in [0.717, 1.165) is 40.3 Å². The molecule has 122 heavy (non-hydrogen) atoms. The van der Waals surface area contributed by atoms with Gasteiger partial charge in [-0.1, -0.05) is 0 Å². The summed E-state index contributed by atoms with van der Waals surface area (Å²) >= 11 is 0.523. The van der Waals surface area contributed by atoms with Crippen LogP contribution in [0, 0.1) is 0 Å². The van der Waals surface area contributed by atoms with Crippen molar-refractivity contribution in [1.82, 2.24) is 19.6 Å². The second-order valence-corrected chi connectivity index (χ2v) is 45.2. The number of carbonyl (C=O) groups is 7. The van der Waals surface area contributed by atoms with Gasteiger partial charge in [0.15, 0.2) is 0 Å². The second-order valence-electron chi connectivity index (χ2n) is 37.0. The van der Waals surface area contributed by atoms with Crippen LogP contribution in [-0.4, -0.2) is 153 Å². The molecule has 9 aliphatic rings. The van der Waals surface area contributed by atoms with E-state index in [0.29, 0.717) is 14.5 Å². The zero-order valence-electron chi connectivity index (χ0n) is 72.6. The molecule has 16 nitrogen and oxygen atoms in total. The molecule has 0 unspecified atom stereocenters. The minimum Gasteiger partial charge on any atom is -0.274 e. The van der Waals surface area contributed by atoms with Crippen molar-refractivity contribution in [3.05, 3.63) is 308 Å². The van der Waals surface area contributed by atoms with E-state index in [2.05, 4.69) is 327 Å². The largest absolute Gasteiger partial charge is 0.332 e. The van der Waals surface area contributed by atoms with Gasteiger partial charge in [-0.25, -0.2) is 4.79 Å². The first kappa shape index (κ1) is 83.8. The number of barbiturate groups is 2. The molecule has 4 aromatic heterocycles. The number of hydrogen-bond donors (Lipinski definition) is 1. The molecule has 8 amide bonds. The number of likely N-dealkylation sites (N-methyl/N-ethyl adjacent to an activating group) is 2. The van der Waals surface area contributed by atoms with Crippen LogP contribution in [0.2, 0.25) is 0 Å². The van der Waals surface area contributed by atoms with Crippen LogP contribution in [0.25, 0.3) is 6.08 Å². The Bertz CT molecular complexity index is 6370. The number of hydrogen-bond acceptors (Lipinski definition) is 12. The smallest absolute Gasteiger partial charge is 0.274 e. The molecule has 21 rings (SSSR count). The van der Waals surface area contributed by atoms with E-state index in [4.69, 9.17) is 0 Å². The molecule has 12 aromatic rings. The van der Waals surface area contributed by atoms with Crippen LogP contribution >= 0.6 is 0 Å². The second kappa shape index (κ2) is 29.6. The quantitative estimate of drug-likeness (QED) is 0.0584. The molecule has 0 saturated carbocycles. The third-order valence-electron chi connectivity index (χ3n) is 26.8. The van der Waals surface area contributed by atoms with Gasteiger partial charge < -0.3 is 0 Å². The number of nitrogens with zero attached hydrogens (tertiary/aromatic N) is 8. The fourth-order valence-electron chi connectivity index (χ4n) is 19.7. The number of imide groups is 4. The third-order valence-corrected chi connectivity index (χ3v) is 35.0. The van der Waals surface area contributed by atoms with Crippen molar-refractivity contribution in [1.29, 1.82) is 0 Å². The summed E-state index contributed by atoms with van der Waals surface area (Å²) < 4.78 is 7.20. The molecule has 0 radical (unpaired) electrons. The Hall–Kier alpha value is -10.5. The van der Waals surface area contributed by atoms with Gasteiger partial charge in [0, 0.05) is 14.1 Å². The summed E-state index contributed by atoms with van der Waals surface area (Å²) in [5.41, 5.74) is 29.1. The maximum absolute atomic E-state index is 12.9. The van der Waals surface area contributed by atoms with Crippen molar-refractivity contribution in [3.8, 4) is 0 Å². The van der Waals surface area contributed by atoms with Gasteiger partial charge in [-0.05, 0) is 0 Å². The van der Waals surface area contributed by atoms with E-state index in [-0.39, 0.29) is 93.4 Å². The Kier molecular flexibility index (Phi) is 20.4. The normalized spacial score (nSPS) is 18.1. The van der Waals surface area contributed by atoms with Crippen molar-refractivity contribution in [2.75, 3.05) is 47.8 Å². The van der Waals surface area contributed by atoms with Crippen LogP contribution in [0.5, 0.6) is 0 Å². The van der Waals surface area contributed by atoms with Gasteiger partial charge in [0.05, 0.1) is 0 Å². The van der Waals surface area contributed by atoms with E-state index >= 15 is 0 Å². The van der Waals surface area contributed by atoms with Crippen molar-refractivity contribution in [3.63, 3.8) is 0 Å². The van der Waals surface area contributed by atoms with E-state index in [1.807, 2.05) is 13.8 Å². The zero-order chi connectivity index (χ0) is 87.1. The van der Waals surface area contributed by atoms with Crippen molar-refractivity contribution < 1.29 is 38.7 Å². The van der Waals surface area contributed by atoms with E-state index < -0.39 is 41.3 Å².